The summed E-state index contributed by atoms with van der Waals surface area (Å²) in [6.45, 7) is 1.59. The molecule has 0 bridgehead atoms. The standard InChI is InChI=1S/C20H19ClN4O/c21-18-6-4-15(5-7-18)10-16-8-9-24(12-16)20(26)17-2-1-3-19(11-17)25-13-22-23-14-25/h1-7,11,13-14,16H,8-10,12H2. The van der Waals surface area contributed by atoms with Gasteiger partial charge in [-0.2, -0.15) is 0 Å². The number of amides is 1. The zero-order chi connectivity index (χ0) is 17.9. The molecule has 0 radical (unpaired) electrons. The highest BCUT2D eigenvalue weighted by molar-refractivity contribution is 6.30. The van der Waals surface area contributed by atoms with Gasteiger partial charge in [-0.25, -0.2) is 0 Å². The fourth-order valence-electron chi connectivity index (χ4n) is 3.45. The van der Waals surface area contributed by atoms with Gasteiger partial charge < -0.3 is 4.90 Å². The van der Waals surface area contributed by atoms with Gasteiger partial charge in [-0.3, -0.25) is 9.36 Å². The number of halogens is 1. The predicted molar refractivity (Wildman–Crippen MR) is 101 cm³/mol. The lowest BCUT2D eigenvalue weighted by Gasteiger charge is -2.17. The van der Waals surface area contributed by atoms with Crippen molar-refractivity contribution in [2.24, 2.45) is 5.92 Å². The molecule has 0 spiro atoms. The van der Waals surface area contributed by atoms with E-state index in [2.05, 4.69) is 22.3 Å². The largest absolute Gasteiger partial charge is 0.338 e. The molecule has 2 aromatic carbocycles. The van der Waals surface area contributed by atoms with Gasteiger partial charge in [0.15, 0.2) is 0 Å². The van der Waals surface area contributed by atoms with Crippen LogP contribution in [0.25, 0.3) is 5.69 Å². The highest BCUT2D eigenvalue weighted by Gasteiger charge is 2.27. The molecule has 1 unspecified atom stereocenters. The van der Waals surface area contributed by atoms with Crippen LogP contribution in [0.15, 0.2) is 61.2 Å². The Morgan fingerprint density at radius 2 is 1.88 bits per heavy atom. The number of aromatic nitrogens is 3. The zero-order valence-electron chi connectivity index (χ0n) is 14.3. The highest BCUT2D eigenvalue weighted by atomic mass is 35.5. The van der Waals surface area contributed by atoms with E-state index in [9.17, 15) is 4.79 Å². The minimum Gasteiger partial charge on any atom is -0.338 e. The van der Waals surface area contributed by atoms with Crippen LogP contribution in [0.3, 0.4) is 0 Å². The molecule has 1 aliphatic heterocycles. The molecule has 1 aromatic heterocycles. The molecule has 1 atom stereocenters. The first kappa shape index (κ1) is 16.8. The van der Waals surface area contributed by atoms with Gasteiger partial charge in [0, 0.05) is 29.4 Å². The maximum absolute atomic E-state index is 12.9. The molecule has 132 valence electrons. The highest BCUT2D eigenvalue weighted by Crippen LogP contribution is 2.24. The summed E-state index contributed by atoms with van der Waals surface area (Å²) in [5, 5.41) is 8.38. The SMILES string of the molecule is O=C(c1cccc(-n2cnnc2)c1)N1CCC(Cc2ccc(Cl)cc2)C1. The second-order valence-corrected chi connectivity index (χ2v) is 7.09. The lowest BCUT2D eigenvalue weighted by atomic mass is 9.99. The zero-order valence-corrected chi connectivity index (χ0v) is 15.0. The number of hydrogen-bond acceptors (Lipinski definition) is 3. The minimum atomic E-state index is 0.0820. The van der Waals surface area contributed by atoms with Crippen molar-refractivity contribution in [2.45, 2.75) is 12.8 Å². The van der Waals surface area contributed by atoms with Crippen LogP contribution in [0, 0.1) is 5.92 Å². The van der Waals surface area contributed by atoms with E-state index in [1.807, 2.05) is 41.3 Å². The van der Waals surface area contributed by atoms with Gasteiger partial charge in [-0.1, -0.05) is 29.8 Å². The molecule has 3 aromatic rings. The molecule has 2 heterocycles. The van der Waals surface area contributed by atoms with Crippen molar-refractivity contribution in [1.82, 2.24) is 19.7 Å². The van der Waals surface area contributed by atoms with E-state index in [0.717, 1.165) is 36.6 Å². The average Bonchev–Trinajstić information content (AvgIpc) is 3.35. The summed E-state index contributed by atoms with van der Waals surface area (Å²) in [5.74, 6) is 0.569. The Morgan fingerprint density at radius 3 is 2.65 bits per heavy atom. The van der Waals surface area contributed by atoms with E-state index in [4.69, 9.17) is 11.6 Å². The quantitative estimate of drug-likeness (QED) is 0.708. The maximum atomic E-state index is 12.9. The molecule has 1 aliphatic rings. The smallest absolute Gasteiger partial charge is 0.253 e. The first-order chi connectivity index (χ1) is 12.7. The van der Waals surface area contributed by atoms with E-state index < -0.39 is 0 Å². The van der Waals surface area contributed by atoms with E-state index in [1.54, 1.807) is 17.2 Å². The second-order valence-electron chi connectivity index (χ2n) is 6.66. The van der Waals surface area contributed by atoms with Crippen LogP contribution in [-0.4, -0.2) is 38.7 Å². The van der Waals surface area contributed by atoms with Gasteiger partial charge in [0.2, 0.25) is 0 Å². The summed E-state index contributed by atoms with van der Waals surface area (Å²) in [6.07, 6.45) is 5.25. The summed E-state index contributed by atoms with van der Waals surface area (Å²) in [4.78, 5) is 14.8. The van der Waals surface area contributed by atoms with Crippen molar-refractivity contribution in [3.63, 3.8) is 0 Å². The van der Waals surface area contributed by atoms with Crippen LogP contribution in [0.4, 0.5) is 0 Å². The molecule has 26 heavy (non-hydrogen) atoms. The molecule has 0 saturated carbocycles. The fourth-order valence-corrected chi connectivity index (χ4v) is 3.58. The average molecular weight is 367 g/mol. The third-order valence-electron chi connectivity index (χ3n) is 4.82. The molecule has 5 nitrogen and oxygen atoms in total. The number of rotatable bonds is 4. The molecular formula is C20H19ClN4O. The molecule has 1 saturated heterocycles. The molecular weight excluding hydrogens is 348 g/mol. The van der Waals surface area contributed by atoms with Gasteiger partial charge >= 0.3 is 0 Å². The molecule has 0 N–H and O–H groups in total. The summed E-state index contributed by atoms with van der Waals surface area (Å²) in [7, 11) is 0. The second kappa shape index (κ2) is 7.30. The normalized spacial score (nSPS) is 16.8. The number of hydrogen-bond donors (Lipinski definition) is 0. The molecule has 0 aliphatic carbocycles. The number of benzene rings is 2. The van der Waals surface area contributed by atoms with E-state index >= 15 is 0 Å². The Balaban J connectivity index is 1.43. The number of nitrogens with zero attached hydrogens (tertiary/aromatic N) is 4. The van der Waals surface area contributed by atoms with E-state index in [1.165, 1.54) is 5.56 Å². The van der Waals surface area contributed by atoms with Crippen LogP contribution >= 0.6 is 11.6 Å². The Bertz CT molecular complexity index is 892. The predicted octanol–water partition coefficient (Wildman–Crippen LogP) is 3.63. The van der Waals surface area contributed by atoms with Gasteiger partial charge in [0.05, 0.1) is 0 Å². The van der Waals surface area contributed by atoms with Crippen molar-refractivity contribution in [2.75, 3.05) is 13.1 Å². The van der Waals surface area contributed by atoms with Crippen molar-refractivity contribution >= 4 is 17.5 Å². The molecule has 1 amide bonds. The van der Waals surface area contributed by atoms with Gasteiger partial charge in [0.25, 0.3) is 5.91 Å². The van der Waals surface area contributed by atoms with Crippen LogP contribution in [0.2, 0.25) is 5.02 Å². The van der Waals surface area contributed by atoms with Crippen LogP contribution in [-0.2, 0) is 6.42 Å². The number of carbonyl (C=O) groups is 1. The lowest BCUT2D eigenvalue weighted by Crippen LogP contribution is -2.29. The first-order valence-corrected chi connectivity index (χ1v) is 9.05. The summed E-state index contributed by atoms with van der Waals surface area (Å²) in [5.41, 5.74) is 2.85. The molecule has 1 fully saturated rings. The fraction of sp³-hybridized carbons (Fsp3) is 0.250. The van der Waals surface area contributed by atoms with Gasteiger partial charge in [-0.05, 0) is 54.7 Å². The Hall–Kier alpha value is -2.66. The Morgan fingerprint density at radius 1 is 1.12 bits per heavy atom. The third kappa shape index (κ3) is 3.63. The van der Waals surface area contributed by atoms with E-state index in [0.29, 0.717) is 11.5 Å². The van der Waals surface area contributed by atoms with Crippen molar-refractivity contribution in [1.29, 1.82) is 0 Å². The van der Waals surface area contributed by atoms with Crippen molar-refractivity contribution < 1.29 is 4.79 Å². The van der Waals surface area contributed by atoms with Gasteiger partial charge in [-0.15, -0.1) is 10.2 Å². The minimum absolute atomic E-state index is 0.0820. The van der Waals surface area contributed by atoms with Gasteiger partial charge in [0.1, 0.15) is 12.7 Å². The Kier molecular flexibility index (Phi) is 4.71. The van der Waals surface area contributed by atoms with Crippen LogP contribution in [0.5, 0.6) is 0 Å². The third-order valence-corrected chi connectivity index (χ3v) is 5.07. The molecule has 4 rings (SSSR count). The summed E-state index contributed by atoms with van der Waals surface area (Å²) < 4.78 is 1.80. The van der Waals surface area contributed by atoms with Crippen LogP contribution in [0.1, 0.15) is 22.3 Å². The van der Waals surface area contributed by atoms with Crippen molar-refractivity contribution in [3.8, 4) is 5.69 Å². The first-order valence-electron chi connectivity index (χ1n) is 8.68. The maximum Gasteiger partial charge on any atom is 0.253 e. The lowest BCUT2D eigenvalue weighted by molar-refractivity contribution is 0.0787. The summed E-state index contributed by atoms with van der Waals surface area (Å²) in [6, 6.07) is 15.6. The van der Waals surface area contributed by atoms with E-state index in [-0.39, 0.29) is 5.91 Å². The monoisotopic (exact) mass is 366 g/mol. The van der Waals surface area contributed by atoms with Crippen LogP contribution < -0.4 is 0 Å². The number of carbonyl (C=O) groups excluding carboxylic acids is 1. The molecule has 6 heteroatoms. The summed E-state index contributed by atoms with van der Waals surface area (Å²) >= 11 is 5.95. The topological polar surface area (TPSA) is 51.0 Å². The van der Waals surface area contributed by atoms with Crippen molar-refractivity contribution in [3.05, 3.63) is 77.3 Å². The Labute approximate surface area is 157 Å². The number of likely N-dealkylation sites (tertiary alicyclic amines) is 1.